The molecule has 0 unspecified atom stereocenters. The van der Waals surface area contributed by atoms with E-state index >= 15 is 0 Å². The molecule has 1 fully saturated rings. The predicted molar refractivity (Wildman–Crippen MR) is 58.9 cm³/mol. The molecular formula is C9H16N2O3S. The zero-order valence-corrected chi connectivity index (χ0v) is 9.95. The van der Waals surface area contributed by atoms with E-state index in [0.29, 0.717) is 11.6 Å². The Hall–Kier alpha value is -0.910. The molecule has 0 aliphatic carbocycles. The summed E-state index contributed by atoms with van der Waals surface area (Å²) in [5.41, 5.74) is 0. The van der Waals surface area contributed by atoms with Crippen LogP contribution in [0.2, 0.25) is 0 Å². The van der Waals surface area contributed by atoms with Gasteiger partial charge in [-0.15, -0.1) is 11.8 Å². The Balaban J connectivity index is 2.70. The summed E-state index contributed by atoms with van der Waals surface area (Å²) in [6, 6.07) is -0.802. The molecule has 15 heavy (non-hydrogen) atoms. The van der Waals surface area contributed by atoms with Crippen LogP contribution in [0.15, 0.2) is 0 Å². The molecule has 1 aliphatic heterocycles. The van der Waals surface area contributed by atoms with E-state index in [-0.39, 0.29) is 12.1 Å². The normalized spacial score (nSPS) is 20.8. The highest BCUT2D eigenvalue weighted by Gasteiger charge is 2.36. The average molecular weight is 232 g/mol. The monoisotopic (exact) mass is 232 g/mol. The lowest BCUT2D eigenvalue weighted by atomic mass is 10.3. The summed E-state index contributed by atoms with van der Waals surface area (Å²) in [7, 11) is 1.69. The minimum Gasteiger partial charge on any atom is -0.480 e. The van der Waals surface area contributed by atoms with Gasteiger partial charge < -0.3 is 14.9 Å². The van der Waals surface area contributed by atoms with Crippen LogP contribution in [0.1, 0.15) is 13.8 Å². The van der Waals surface area contributed by atoms with Crippen LogP contribution in [0.4, 0.5) is 4.79 Å². The van der Waals surface area contributed by atoms with Crippen LogP contribution in [0.25, 0.3) is 0 Å². The number of nitrogens with zero attached hydrogens (tertiary/aromatic N) is 2. The van der Waals surface area contributed by atoms with Gasteiger partial charge in [0.05, 0.1) is 5.88 Å². The van der Waals surface area contributed by atoms with E-state index in [1.54, 1.807) is 11.9 Å². The lowest BCUT2D eigenvalue weighted by Crippen LogP contribution is -2.49. The first-order valence-corrected chi connectivity index (χ1v) is 5.94. The van der Waals surface area contributed by atoms with Gasteiger partial charge in [0, 0.05) is 18.8 Å². The molecule has 5 nitrogen and oxygen atoms in total. The van der Waals surface area contributed by atoms with Crippen molar-refractivity contribution in [3.05, 3.63) is 0 Å². The van der Waals surface area contributed by atoms with Gasteiger partial charge in [0.1, 0.15) is 6.04 Å². The first kappa shape index (κ1) is 12.2. The Bertz CT molecular complexity index is 270. The second-order valence-corrected chi connectivity index (χ2v) is 4.81. The molecule has 0 spiro atoms. The van der Waals surface area contributed by atoms with Gasteiger partial charge in [0.15, 0.2) is 0 Å². The Morgan fingerprint density at radius 1 is 1.53 bits per heavy atom. The van der Waals surface area contributed by atoms with E-state index in [0.717, 1.165) is 0 Å². The molecule has 1 N–H and O–H groups in total. The van der Waals surface area contributed by atoms with E-state index in [2.05, 4.69) is 0 Å². The molecule has 0 aromatic rings. The van der Waals surface area contributed by atoms with Crippen LogP contribution in [-0.4, -0.2) is 57.7 Å². The molecular weight excluding hydrogens is 216 g/mol. The molecule has 86 valence electrons. The number of hydrogen-bond donors (Lipinski definition) is 1. The minimum absolute atomic E-state index is 0.0811. The zero-order valence-electron chi connectivity index (χ0n) is 9.14. The first-order chi connectivity index (χ1) is 6.95. The van der Waals surface area contributed by atoms with Crippen molar-refractivity contribution in [2.45, 2.75) is 25.9 Å². The third-order valence-electron chi connectivity index (χ3n) is 2.49. The summed E-state index contributed by atoms with van der Waals surface area (Å²) in [4.78, 5) is 25.7. The molecule has 0 radical (unpaired) electrons. The van der Waals surface area contributed by atoms with E-state index in [1.165, 1.54) is 16.7 Å². The van der Waals surface area contributed by atoms with Gasteiger partial charge in [0.25, 0.3) is 0 Å². The van der Waals surface area contributed by atoms with Crippen LogP contribution in [0, 0.1) is 0 Å². The van der Waals surface area contributed by atoms with Gasteiger partial charge in [-0.2, -0.15) is 0 Å². The third kappa shape index (κ3) is 2.56. The number of rotatable bonds is 2. The van der Waals surface area contributed by atoms with E-state index in [4.69, 9.17) is 5.11 Å². The van der Waals surface area contributed by atoms with Crippen molar-refractivity contribution in [3.8, 4) is 0 Å². The Labute approximate surface area is 93.4 Å². The highest BCUT2D eigenvalue weighted by atomic mass is 32.2. The molecule has 2 amide bonds. The van der Waals surface area contributed by atoms with Crippen molar-refractivity contribution >= 4 is 23.8 Å². The molecule has 0 bridgehead atoms. The fourth-order valence-electron chi connectivity index (χ4n) is 1.26. The first-order valence-electron chi connectivity index (χ1n) is 4.79. The number of thioether (sulfide) groups is 1. The fourth-order valence-corrected chi connectivity index (χ4v) is 2.40. The van der Waals surface area contributed by atoms with Gasteiger partial charge in [-0.3, -0.25) is 0 Å². The molecule has 1 saturated heterocycles. The summed E-state index contributed by atoms with van der Waals surface area (Å²) in [5, 5.41) is 8.93. The van der Waals surface area contributed by atoms with E-state index < -0.39 is 12.0 Å². The molecule has 0 aromatic heterocycles. The van der Waals surface area contributed by atoms with Crippen LogP contribution < -0.4 is 0 Å². The summed E-state index contributed by atoms with van der Waals surface area (Å²) in [6.45, 7) is 3.80. The molecule has 1 heterocycles. The van der Waals surface area contributed by atoms with Gasteiger partial charge in [-0.05, 0) is 13.8 Å². The molecule has 1 rings (SSSR count). The average Bonchev–Trinajstić information content (AvgIpc) is 2.63. The molecule has 1 aliphatic rings. The van der Waals surface area contributed by atoms with Crippen LogP contribution in [0.5, 0.6) is 0 Å². The molecule has 0 aromatic carbocycles. The highest BCUT2D eigenvalue weighted by molar-refractivity contribution is 7.99. The van der Waals surface area contributed by atoms with Crippen molar-refractivity contribution < 1.29 is 14.7 Å². The van der Waals surface area contributed by atoms with Crippen molar-refractivity contribution in [1.29, 1.82) is 0 Å². The van der Waals surface area contributed by atoms with Gasteiger partial charge in [0.2, 0.25) is 0 Å². The standard InChI is InChI=1S/C9H16N2O3S/c1-6(2)10(3)9(14)11-5-15-4-7(11)8(12)13/h6-7H,4-5H2,1-3H3,(H,12,13)/t7-/m0/s1. The third-order valence-corrected chi connectivity index (χ3v) is 3.50. The Morgan fingerprint density at radius 3 is 2.60 bits per heavy atom. The quantitative estimate of drug-likeness (QED) is 0.768. The van der Waals surface area contributed by atoms with Crippen LogP contribution >= 0.6 is 11.8 Å². The Kier molecular flexibility index (Phi) is 3.84. The lowest BCUT2D eigenvalue weighted by Gasteiger charge is -2.29. The largest absolute Gasteiger partial charge is 0.480 e. The fraction of sp³-hybridized carbons (Fsp3) is 0.778. The van der Waals surface area contributed by atoms with Gasteiger partial charge >= 0.3 is 12.0 Å². The van der Waals surface area contributed by atoms with E-state index in [1.807, 2.05) is 13.8 Å². The second-order valence-electron chi connectivity index (χ2n) is 3.81. The lowest BCUT2D eigenvalue weighted by molar-refractivity contribution is -0.140. The van der Waals surface area contributed by atoms with Crippen LogP contribution in [-0.2, 0) is 4.79 Å². The summed E-state index contributed by atoms with van der Waals surface area (Å²) in [6.07, 6.45) is 0. The number of amides is 2. The topological polar surface area (TPSA) is 60.9 Å². The van der Waals surface area contributed by atoms with Gasteiger partial charge in [-0.25, -0.2) is 9.59 Å². The van der Waals surface area contributed by atoms with Crippen molar-refractivity contribution in [1.82, 2.24) is 9.80 Å². The summed E-state index contributed by atoms with van der Waals surface area (Å²) >= 11 is 1.47. The van der Waals surface area contributed by atoms with Crippen molar-refractivity contribution in [2.24, 2.45) is 0 Å². The molecule has 6 heteroatoms. The zero-order chi connectivity index (χ0) is 11.6. The second kappa shape index (κ2) is 4.74. The smallest absolute Gasteiger partial charge is 0.327 e. The number of urea groups is 1. The number of hydrogen-bond acceptors (Lipinski definition) is 3. The maximum atomic E-state index is 11.9. The maximum Gasteiger partial charge on any atom is 0.327 e. The van der Waals surface area contributed by atoms with Crippen molar-refractivity contribution in [2.75, 3.05) is 18.7 Å². The molecule has 0 saturated carbocycles. The maximum absolute atomic E-state index is 11.9. The summed E-state index contributed by atoms with van der Waals surface area (Å²) in [5.74, 6) is 0.0189. The predicted octanol–water partition coefficient (Wildman–Crippen LogP) is 0.906. The SMILES string of the molecule is CC(C)N(C)C(=O)N1CSC[C@H]1C(=O)O. The van der Waals surface area contributed by atoms with Gasteiger partial charge in [-0.1, -0.05) is 0 Å². The Morgan fingerprint density at radius 2 is 2.13 bits per heavy atom. The number of carbonyl (C=O) groups is 2. The number of carbonyl (C=O) groups excluding carboxylic acids is 1. The van der Waals surface area contributed by atoms with E-state index in [9.17, 15) is 9.59 Å². The minimum atomic E-state index is -0.925. The van der Waals surface area contributed by atoms with Crippen LogP contribution in [0.3, 0.4) is 0 Å². The number of carboxylic acid groups (broad SMARTS) is 1. The summed E-state index contributed by atoms with van der Waals surface area (Å²) < 4.78 is 0. The number of aliphatic carboxylic acids is 1. The van der Waals surface area contributed by atoms with Crippen molar-refractivity contribution in [3.63, 3.8) is 0 Å². The molecule has 1 atom stereocenters. The number of carboxylic acids is 1. The highest BCUT2D eigenvalue weighted by Crippen LogP contribution is 2.22.